The number of amides is 1. The monoisotopic (exact) mass is 338 g/mol. The zero-order valence-corrected chi connectivity index (χ0v) is 14.4. The van der Waals surface area contributed by atoms with Crippen LogP contribution in [0.5, 0.6) is 5.88 Å². The molecule has 0 spiro atoms. The van der Waals surface area contributed by atoms with Gasteiger partial charge >= 0.3 is 0 Å². The smallest absolute Gasteiger partial charge is 0.274 e. The number of ether oxygens (including phenoxy) is 1. The fraction of sp³-hybridized carbons (Fsp3) is 0.474. The highest BCUT2D eigenvalue weighted by Gasteiger charge is 2.51. The number of hydrogen-bond donors (Lipinski definition) is 0. The summed E-state index contributed by atoms with van der Waals surface area (Å²) in [5.74, 6) is 1.11. The molecular weight excluding hydrogens is 316 g/mol. The van der Waals surface area contributed by atoms with Crippen molar-refractivity contribution in [3.05, 3.63) is 48.2 Å². The number of nitrogens with zero attached hydrogens (tertiary/aromatic N) is 4. The quantitative estimate of drug-likeness (QED) is 0.857. The Labute approximate surface area is 147 Å². The molecule has 25 heavy (non-hydrogen) atoms. The minimum absolute atomic E-state index is 0.0286. The number of carbonyl (C=O) groups is 1. The van der Waals surface area contributed by atoms with Crippen LogP contribution in [0.2, 0.25) is 0 Å². The third-order valence-corrected chi connectivity index (χ3v) is 5.47. The molecule has 1 aliphatic heterocycles. The Balaban J connectivity index is 1.47. The summed E-state index contributed by atoms with van der Waals surface area (Å²) in [5.41, 5.74) is 1.27. The maximum atomic E-state index is 12.8. The molecule has 2 aromatic heterocycles. The van der Waals surface area contributed by atoms with Crippen molar-refractivity contribution in [2.45, 2.75) is 26.2 Å². The summed E-state index contributed by atoms with van der Waals surface area (Å²) >= 11 is 0. The van der Waals surface area contributed by atoms with Gasteiger partial charge in [-0.2, -0.15) is 0 Å². The lowest BCUT2D eigenvalue weighted by Gasteiger charge is -2.28. The minimum Gasteiger partial charge on any atom is -0.477 e. The molecule has 6 nitrogen and oxygen atoms in total. The Hall–Kier alpha value is -2.50. The summed E-state index contributed by atoms with van der Waals surface area (Å²) in [4.78, 5) is 27.4. The van der Waals surface area contributed by atoms with Crippen molar-refractivity contribution < 1.29 is 9.53 Å². The zero-order chi connectivity index (χ0) is 17.3. The van der Waals surface area contributed by atoms with Crippen molar-refractivity contribution in [2.75, 3.05) is 19.7 Å². The van der Waals surface area contributed by atoms with Gasteiger partial charge in [-0.3, -0.25) is 9.78 Å². The van der Waals surface area contributed by atoms with E-state index in [1.165, 1.54) is 6.42 Å². The van der Waals surface area contributed by atoms with Gasteiger partial charge in [-0.25, -0.2) is 9.97 Å². The van der Waals surface area contributed by atoms with Crippen LogP contribution in [0.25, 0.3) is 0 Å². The number of hydrogen-bond acceptors (Lipinski definition) is 5. The highest BCUT2D eigenvalue weighted by atomic mass is 16.5. The third kappa shape index (κ3) is 3.08. The number of fused-ring (bicyclic) bond motifs is 1. The number of carbonyl (C=O) groups excluding carboxylic acids is 1. The van der Waals surface area contributed by atoms with Crippen LogP contribution < -0.4 is 4.74 Å². The number of aryl methyl sites for hydroxylation is 1. The van der Waals surface area contributed by atoms with Gasteiger partial charge in [0.25, 0.3) is 5.91 Å². The van der Waals surface area contributed by atoms with E-state index in [4.69, 9.17) is 4.74 Å². The van der Waals surface area contributed by atoms with Crippen LogP contribution in [-0.2, 0) is 0 Å². The Morgan fingerprint density at radius 3 is 3.00 bits per heavy atom. The fourth-order valence-electron chi connectivity index (χ4n) is 4.12. The summed E-state index contributed by atoms with van der Waals surface area (Å²) in [6.45, 7) is 3.97. The average Bonchev–Trinajstić information content (AvgIpc) is 3.18. The summed E-state index contributed by atoms with van der Waals surface area (Å²) < 4.78 is 5.97. The van der Waals surface area contributed by atoms with Gasteiger partial charge in [-0.1, -0.05) is 12.5 Å². The van der Waals surface area contributed by atoms with Crippen LogP contribution in [0, 0.1) is 18.3 Å². The summed E-state index contributed by atoms with van der Waals surface area (Å²) in [7, 11) is 0. The molecule has 0 bridgehead atoms. The molecule has 130 valence electrons. The summed E-state index contributed by atoms with van der Waals surface area (Å²) in [6.07, 6.45) is 8.39. The molecule has 1 amide bonds. The SMILES string of the molecule is Cc1cnc(C(=O)N2C[C@@H]3CCC[C@]3(COc3ccccn3)C2)cn1. The van der Waals surface area contributed by atoms with Gasteiger partial charge in [0.2, 0.25) is 5.88 Å². The fourth-order valence-corrected chi connectivity index (χ4v) is 4.12. The Morgan fingerprint density at radius 2 is 2.24 bits per heavy atom. The van der Waals surface area contributed by atoms with Gasteiger partial charge in [0.05, 0.1) is 18.5 Å². The Kier molecular flexibility index (Phi) is 4.11. The molecule has 6 heteroatoms. The van der Waals surface area contributed by atoms with Gasteiger partial charge in [0.15, 0.2) is 0 Å². The van der Waals surface area contributed by atoms with Gasteiger partial charge in [0, 0.05) is 37.0 Å². The van der Waals surface area contributed by atoms with E-state index in [1.807, 2.05) is 30.0 Å². The van der Waals surface area contributed by atoms with Crippen LogP contribution in [0.4, 0.5) is 0 Å². The van der Waals surface area contributed by atoms with E-state index >= 15 is 0 Å². The maximum Gasteiger partial charge on any atom is 0.274 e. The van der Waals surface area contributed by atoms with E-state index in [1.54, 1.807) is 18.6 Å². The first-order chi connectivity index (χ1) is 12.2. The van der Waals surface area contributed by atoms with Crippen LogP contribution in [0.15, 0.2) is 36.8 Å². The molecule has 0 aromatic carbocycles. The number of likely N-dealkylation sites (tertiary alicyclic amines) is 1. The standard InChI is InChI=1S/C19H22N4O2/c1-14-9-22-16(10-21-14)18(24)23-11-15-5-4-7-19(15,12-23)13-25-17-6-2-3-8-20-17/h2-3,6,8-10,15H,4-5,7,11-13H2,1H3/t15-,19+/m0/s1. The molecule has 2 aromatic rings. The lowest BCUT2D eigenvalue weighted by atomic mass is 9.81. The number of rotatable bonds is 4. The normalized spacial score (nSPS) is 25.0. The van der Waals surface area contributed by atoms with Crippen molar-refractivity contribution in [3.63, 3.8) is 0 Å². The van der Waals surface area contributed by atoms with Crippen molar-refractivity contribution in [1.29, 1.82) is 0 Å². The van der Waals surface area contributed by atoms with Crippen LogP contribution in [0.3, 0.4) is 0 Å². The first-order valence-corrected chi connectivity index (χ1v) is 8.78. The minimum atomic E-state index is -0.0286. The number of aromatic nitrogens is 3. The second kappa shape index (κ2) is 6.43. The van der Waals surface area contributed by atoms with Crippen molar-refractivity contribution in [1.82, 2.24) is 19.9 Å². The predicted molar refractivity (Wildman–Crippen MR) is 92.2 cm³/mol. The molecule has 3 heterocycles. The van der Waals surface area contributed by atoms with E-state index in [0.29, 0.717) is 24.1 Å². The average molecular weight is 338 g/mol. The largest absolute Gasteiger partial charge is 0.477 e. The molecule has 1 saturated heterocycles. The third-order valence-electron chi connectivity index (χ3n) is 5.47. The molecule has 0 radical (unpaired) electrons. The molecule has 0 N–H and O–H groups in total. The molecule has 1 aliphatic carbocycles. The highest BCUT2D eigenvalue weighted by Crippen LogP contribution is 2.49. The van der Waals surface area contributed by atoms with Gasteiger partial charge in [0.1, 0.15) is 5.69 Å². The van der Waals surface area contributed by atoms with E-state index in [2.05, 4.69) is 15.0 Å². The molecule has 2 atom stereocenters. The van der Waals surface area contributed by atoms with Gasteiger partial charge in [-0.15, -0.1) is 0 Å². The second-order valence-electron chi connectivity index (χ2n) is 7.14. The van der Waals surface area contributed by atoms with E-state index in [9.17, 15) is 4.79 Å². The molecule has 4 rings (SSSR count). The van der Waals surface area contributed by atoms with Crippen molar-refractivity contribution in [3.8, 4) is 5.88 Å². The molecular formula is C19H22N4O2. The lowest BCUT2D eigenvalue weighted by molar-refractivity contribution is 0.0738. The van der Waals surface area contributed by atoms with E-state index < -0.39 is 0 Å². The first kappa shape index (κ1) is 16.0. The van der Waals surface area contributed by atoms with Crippen molar-refractivity contribution >= 4 is 5.91 Å². The van der Waals surface area contributed by atoms with Crippen LogP contribution in [0.1, 0.15) is 35.4 Å². The lowest BCUT2D eigenvalue weighted by Crippen LogP contribution is -2.36. The zero-order valence-electron chi connectivity index (χ0n) is 14.4. The Morgan fingerprint density at radius 1 is 1.32 bits per heavy atom. The first-order valence-electron chi connectivity index (χ1n) is 8.78. The van der Waals surface area contributed by atoms with Crippen LogP contribution >= 0.6 is 0 Å². The van der Waals surface area contributed by atoms with Crippen molar-refractivity contribution in [2.24, 2.45) is 11.3 Å². The maximum absolute atomic E-state index is 12.8. The number of pyridine rings is 1. The van der Waals surface area contributed by atoms with Gasteiger partial charge < -0.3 is 9.64 Å². The van der Waals surface area contributed by atoms with Gasteiger partial charge in [-0.05, 0) is 31.7 Å². The summed E-state index contributed by atoms with van der Waals surface area (Å²) in [6, 6.07) is 5.68. The van der Waals surface area contributed by atoms with E-state index in [-0.39, 0.29) is 11.3 Å². The summed E-state index contributed by atoms with van der Waals surface area (Å²) in [5, 5.41) is 0. The topological polar surface area (TPSA) is 68.2 Å². The second-order valence-corrected chi connectivity index (χ2v) is 7.14. The molecule has 2 aliphatic rings. The van der Waals surface area contributed by atoms with Crippen LogP contribution in [-0.4, -0.2) is 45.5 Å². The highest BCUT2D eigenvalue weighted by molar-refractivity contribution is 5.92. The van der Waals surface area contributed by atoms with E-state index in [0.717, 1.165) is 31.6 Å². The molecule has 1 saturated carbocycles. The predicted octanol–water partition coefficient (Wildman–Crippen LogP) is 2.50. The Bertz CT molecular complexity index is 750. The molecule has 2 fully saturated rings. The molecule has 0 unspecified atom stereocenters.